The molecule has 1 atom stereocenters. The number of esters is 1. The van der Waals surface area contributed by atoms with Crippen LogP contribution in [-0.2, 0) is 9.53 Å². The molecular weight excluding hydrogens is 246 g/mol. The molecule has 1 heterocycles. The number of nitrogens with one attached hydrogen (secondary N) is 1. The summed E-state index contributed by atoms with van der Waals surface area (Å²) < 4.78 is 4.86. The van der Waals surface area contributed by atoms with Crippen LogP contribution in [0.15, 0.2) is 12.4 Å². The van der Waals surface area contributed by atoms with Crippen molar-refractivity contribution in [2.75, 3.05) is 6.61 Å². The van der Waals surface area contributed by atoms with E-state index in [2.05, 4.69) is 15.3 Å². The second-order valence-electron chi connectivity index (χ2n) is 4.38. The molecule has 1 amide bonds. The number of aromatic nitrogens is 2. The highest BCUT2D eigenvalue weighted by atomic mass is 16.5. The van der Waals surface area contributed by atoms with Crippen LogP contribution in [0.4, 0.5) is 0 Å². The largest absolute Gasteiger partial charge is 0.451 e. The predicted octanol–water partition coefficient (Wildman–Crippen LogP) is 1.25. The zero-order valence-corrected chi connectivity index (χ0v) is 11.5. The number of aryl methyl sites for hydroxylation is 1. The summed E-state index contributed by atoms with van der Waals surface area (Å²) in [5.74, 6) is -0.958. The van der Waals surface area contributed by atoms with Gasteiger partial charge in [0.15, 0.2) is 12.3 Å². The normalized spacial score (nSPS) is 11.7. The molecule has 0 fully saturated rings. The van der Waals surface area contributed by atoms with Crippen LogP contribution >= 0.6 is 0 Å². The first-order valence-corrected chi connectivity index (χ1v) is 6.28. The summed E-state index contributed by atoms with van der Waals surface area (Å²) in [6.07, 6.45) is 4.68. The highest BCUT2D eigenvalue weighted by molar-refractivity contribution is 5.89. The quantitative estimate of drug-likeness (QED) is 0.783. The Balaban J connectivity index is 2.37. The minimum absolute atomic E-state index is 0.0790. The maximum absolute atomic E-state index is 11.6. The third-order valence-electron chi connectivity index (χ3n) is 2.45. The number of rotatable bonds is 6. The van der Waals surface area contributed by atoms with Gasteiger partial charge in [0.25, 0.3) is 5.91 Å². The van der Waals surface area contributed by atoms with E-state index in [1.54, 1.807) is 6.92 Å². The second-order valence-corrected chi connectivity index (χ2v) is 4.38. The molecule has 1 N–H and O–H groups in total. The summed E-state index contributed by atoms with van der Waals surface area (Å²) in [7, 11) is 0. The topological polar surface area (TPSA) is 81.2 Å². The Bertz CT molecular complexity index is 431. The molecular formula is C13H19N3O3. The lowest BCUT2D eigenvalue weighted by Gasteiger charge is -2.12. The maximum atomic E-state index is 11.6. The summed E-state index contributed by atoms with van der Waals surface area (Å²) in [6.45, 7) is 5.42. The molecule has 1 rings (SSSR count). The Morgan fingerprint density at radius 3 is 2.68 bits per heavy atom. The third-order valence-corrected chi connectivity index (χ3v) is 2.45. The fourth-order valence-corrected chi connectivity index (χ4v) is 1.52. The second kappa shape index (κ2) is 7.45. The van der Waals surface area contributed by atoms with Crippen molar-refractivity contribution in [3.8, 4) is 0 Å². The Morgan fingerprint density at radius 1 is 1.37 bits per heavy atom. The van der Waals surface area contributed by atoms with E-state index in [1.807, 2.05) is 13.8 Å². The van der Waals surface area contributed by atoms with Gasteiger partial charge in [-0.05, 0) is 20.3 Å². The van der Waals surface area contributed by atoms with Gasteiger partial charge in [-0.25, -0.2) is 9.78 Å². The summed E-state index contributed by atoms with van der Waals surface area (Å²) >= 11 is 0. The van der Waals surface area contributed by atoms with Crippen LogP contribution in [0.2, 0.25) is 0 Å². The molecule has 0 radical (unpaired) electrons. The average Bonchev–Trinajstić information content (AvgIpc) is 2.37. The molecule has 1 aromatic heterocycles. The van der Waals surface area contributed by atoms with Gasteiger partial charge < -0.3 is 10.1 Å². The fraction of sp³-hybridized carbons (Fsp3) is 0.538. The highest BCUT2D eigenvalue weighted by Crippen LogP contribution is 1.98. The van der Waals surface area contributed by atoms with Crippen molar-refractivity contribution in [3.63, 3.8) is 0 Å². The molecule has 0 aliphatic carbocycles. The number of hydrogen-bond acceptors (Lipinski definition) is 5. The van der Waals surface area contributed by atoms with Crippen LogP contribution < -0.4 is 5.32 Å². The molecule has 0 unspecified atom stereocenters. The van der Waals surface area contributed by atoms with Crippen molar-refractivity contribution in [2.24, 2.45) is 0 Å². The van der Waals surface area contributed by atoms with E-state index in [1.165, 1.54) is 12.4 Å². The molecule has 6 nitrogen and oxygen atoms in total. The van der Waals surface area contributed by atoms with E-state index in [-0.39, 0.29) is 24.2 Å². The van der Waals surface area contributed by atoms with E-state index in [0.717, 1.165) is 12.8 Å². The van der Waals surface area contributed by atoms with E-state index >= 15 is 0 Å². The smallest absolute Gasteiger partial charge is 0.359 e. The lowest BCUT2D eigenvalue weighted by molar-refractivity contribution is -0.124. The molecule has 0 spiro atoms. The first-order valence-electron chi connectivity index (χ1n) is 6.28. The molecule has 6 heteroatoms. The van der Waals surface area contributed by atoms with Gasteiger partial charge in [0, 0.05) is 12.2 Å². The Morgan fingerprint density at radius 2 is 2.11 bits per heavy atom. The average molecular weight is 265 g/mol. The van der Waals surface area contributed by atoms with Crippen molar-refractivity contribution in [1.82, 2.24) is 15.3 Å². The molecule has 0 aliphatic heterocycles. The highest BCUT2D eigenvalue weighted by Gasteiger charge is 2.13. The zero-order chi connectivity index (χ0) is 14.3. The van der Waals surface area contributed by atoms with Crippen LogP contribution in [0, 0.1) is 6.92 Å². The van der Waals surface area contributed by atoms with Crippen LogP contribution in [0.5, 0.6) is 0 Å². The molecule has 104 valence electrons. The number of ether oxygens (including phenoxy) is 1. The number of carbonyl (C=O) groups excluding carboxylic acids is 2. The minimum atomic E-state index is -0.647. The van der Waals surface area contributed by atoms with Gasteiger partial charge in [-0.2, -0.15) is 0 Å². The number of amides is 1. The van der Waals surface area contributed by atoms with Crippen molar-refractivity contribution in [3.05, 3.63) is 23.8 Å². The molecule has 19 heavy (non-hydrogen) atoms. The van der Waals surface area contributed by atoms with E-state index in [4.69, 9.17) is 4.74 Å². The monoisotopic (exact) mass is 265 g/mol. The molecule has 0 aliphatic rings. The van der Waals surface area contributed by atoms with Crippen molar-refractivity contribution in [1.29, 1.82) is 0 Å². The first kappa shape index (κ1) is 15.1. The van der Waals surface area contributed by atoms with Crippen LogP contribution in [0.25, 0.3) is 0 Å². The van der Waals surface area contributed by atoms with Crippen LogP contribution in [-0.4, -0.2) is 34.5 Å². The Kier molecular flexibility index (Phi) is 5.92. The first-order chi connectivity index (χ1) is 9.02. The Hall–Kier alpha value is -1.98. The minimum Gasteiger partial charge on any atom is -0.451 e. The Labute approximate surface area is 112 Å². The zero-order valence-electron chi connectivity index (χ0n) is 11.5. The van der Waals surface area contributed by atoms with Crippen LogP contribution in [0.1, 0.15) is 42.9 Å². The van der Waals surface area contributed by atoms with E-state index < -0.39 is 5.97 Å². The standard InChI is InChI=1S/C13H19N3O3/c1-4-5-9(2)16-12(17)8-19-13(18)11-7-14-10(3)6-15-11/h6-7,9H,4-5,8H2,1-3H3,(H,16,17)/t9-/m1/s1. The lowest BCUT2D eigenvalue weighted by atomic mass is 10.2. The number of carbonyl (C=O) groups is 2. The van der Waals surface area contributed by atoms with E-state index in [9.17, 15) is 9.59 Å². The fourth-order valence-electron chi connectivity index (χ4n) is 1.52. The predicted molar refractivity (Wildman–Crippen MR) is 69.6 cm³/mol. The molecule has 0 bridgehead atoms. The molecule has 0 aromatic carbocycles. The van der Waals surface area contributed by atoms with Gasteiger partial charge in [-0.3, -0.25) is 9.78 Å². The van der Waals surface area contributed by atoms with Crippen molar-refractivity contribution < 1.29 is 14.3 Å². The maximum Gasteiger partial charge on any atom is 0.359 e. The van der Waals surface area contributed by atoms with Crippen LogP contribution in [0.3, 0.4) is 0 Å². The summed E-state index contributed by atoms with van der Waals surface area (Å²) in [5, 5.41) is 2.74. The van der Waals surface area contributed by atoms with Crippen molar-refractivity contribution in [2.45, 2.75) is 39.7 Å². The van der Waals surface area contributed by atoms with Gasteiger partial charge in [-0.1, -0.05) is 13.3 Å². The third kappa shape index (κ3) is 5.46. The van der Waals surface area contributed by atoms with Gasteiger partial charge in [-0.15, -0.1) is 0 Å². The van der Waals surface area contributed by atoms with Gasteiger partial charge in [0.2, 0.25) is 0 Å². The van der Waals surface area contributed by atoms with E-state index in [0.29, 0.717) is 5.69 Å². The summed E-state index contributed by atoms with van der Waals surface area (Å²) in [4.78, 5) is 30.9. The molecule has 0 saturated heterocycles. The molecule has 1 aromatic rings. The summed E-state index contributed by atoms with van der Waals surface area (Å²) in [6, 6.07) is 0.0790. The van der Waals surface area contributed by atoms with Gasteiger partial charge >= 0.3 is 5.97 Å². The molecule has 0 saturated carbocycles. The lowest BCUT2D eigenvalue weighted by Crippen LogP contribution is -2.35. The number of hydrogen-bond donors (Lipinski definition) is 1. The van der Waals surface area contributed by atoms with Crippen molar-refractivity contribution >= 4 is 11.9 Å². The summed E-state index contributed by atoms with van der Waals surface area (Å²) in [5.41, 5.74) is 0.808. The number of nitrogens with zero attached hydrogens (tertiary/aromatic N) is 2. The van der Waals surface area contributed by atoms with Gasteiger partial charge in [0.05, 0.1) is 11.9 Å². The van der Waals surface area contributed by atoms with Gasteiger partial charge in [0.1, 0.15) is 0 Å². The SMILES string of the molecule is CCC[C@@H](C)NC(=O)COC(=O)c1cnc(C)cn1.